The van der Waals surface area contributed by atoms with Crippen molar-refractivity contribution in [2.75, 3.05) is 20.1 Å². The van der Waals surface area contributed by atoms with Crippen LogP contribution in [-0.4, -0.2) is 30.6 Å². The second kappa shape index (κ2) is 6.39. The van der Waals surface area contributed by atoms with Gasteiger partial charge in [0.15, 0.2) is 0 Å². The van der Waals surface area contributed by atoms with Gasteiger partial charge in [-0.05, 0) is 26.1 Å². The molecule has 1 rings (SSSR count). The molecule has 92 valence electrons. The summed E-state index contributed by atoms with van der Waals surface area (Å²) in [6.45, 7) is 6.60. The van der Waals surface area contributed by atoms with Crippen LogP contribution in [0.1, 0.15) is 19.4 Å². The van der Waals surface area contributed by atoms with E-state index >= 15 is 0 Å². The zero-order valence-corrected chi connectivity index (χ0v) is 10.9. The van der Waals surface area contributed by atoms with Gasteiger partial charge >= 0.3 is 0 Å². The summed E-state index contributed by atoms with van der Waals surface area (Å²) in [4.78, 5) is 2.27. The lowest BCUT2D eigenvalue weighted by atomic mass is 10.0. The first-order valence-electron chi connectivity index (χ1n) is 6.00. The zero-order chi connectivity index (χ0) is 12.7. The van der Waals surface area contributed by atoms with Crippen LogP contribution in [0.2, 0.25) is 0 Å². The molecule has 3 nitrogen and oxygen atoms in total. The summed E-state index contributed by atoms with van der Waals surface area (Å²) in [5, 5.41) is 12.2. The van der Waals surface area contributed by atoms with Crippen LogP contribution < -0.4 is 5.32 Å². The topological polar surface area (TPSA) is 39.1 Å². The monoisotopic (exact) mass is 231 g/mol. The Morgan fingerprint density at radius 1 is 1.35 bits per heavy atom. The van der Waals surface area contributed by atoms with Gasteiger partial charge in [0.05, 0.1) is 6.07 Å². The quantitative estimate of drug-likeness (QED) is 0.814. The second-order valence-corrected chi connectivity index (χ2v) is 4.48. The minimum Gasteiger partial charge on any atom is -0.302 e. The Labute approximate surface area is 104 Å². The lowest BCUT2D eigenvalue weighted by Crippen LogP contribution is -2.48. The molecule has 1 aromatic rings. The van der Waals surface area contributed by atoms with Crippen LogP contribution in [0.25, 0.3) is 0 Å². The predicted molar refractivity (Wildman–Crippen MR) is 70.5 cm³/mol. The maximum atomic E-state index is 9.16. The van der Waals surface area contributed by atoms with E-state index in [2.05, 4.69) is 35.3 Å². The number of hydrogen-bond donors (Lipinski definition) is 1. The average Bonchev–Trinajstić information content (AvgIpc) is 2.39. The van der Waals surface area contributed by atoms with Crippen molar-refractivity contribution < 1.29 is 0 Å². The van der Waals surface area contributed by atoms with Crippen molar-refractivity contribution in [3.63, 3.8) is 0 Å². The fourth-order valence-corrected chi connectivity index (χ4v) is 1.74. The molecule has 1 N–H and O–H groups in total. The molecule has 0 aliphatic rings. The fraction of sp³-hybridized carbons (Fsp3) is 0.500. The summed E-state index contributed by atoms with van der Waals surface area (Å²) in [6.07, 6.45) is 0. The highest BCUT2D eigenvalue weighted by molar-refractivity contribution is 5.15. The van der Waals surface area contributed by atoms with Gasteiger partial charge < -0.3 is 5.32 Å². The summed E-state index contributed by atoms with van der Waals surface area (Å²) in [5.41, 5.74) is 0.802. The summed E-state index contributed by atoms with van der Waals surface area (Å²) >= 11 is 0. The Morgan fingerprint density at radius 3 is 2.47 bits per heavy atom. The second-order valence-electron chi connectivity index (χ2n) is 4.48. The largest absolute Gasteiger partial charge is 0.302 e. The third-order valence-electron chi connectivity index (χ3n) is 3.03. The van der Waals surface area contributed by atoms with E-state index in [4.69, 9.17) is 5.26 Å². The minimum atomic E-state index is -0.481. The smallest absolute Gasteiger partial charge is 0.116 e. The van der Waals surface area contributed by atoms with Crippen molar-refractivity contribution in [3.05, 3.63) is 35.9 Å². The van der Waals surface area contributed by atoms with E-state index in [1.54, 1.807) is 0 Å². The lowest BCUT2D eigenvalue weighted by molar-refractivity contribution is 0.228. The van der Waals surface area contributed by atoms with Gasteiger partial charge in [0.2, 0.25) is 0 Å². The Hall–Kier alpha value is -1.37. The molecule has 1 aromatic carbocycles. The number of benzene rings is 1. The highest BCUT2D eigenvalue weighted by Gasteiger charge is 2.24. The standard InChI is InChI=1S/C14H21N3/c1-4-17(12-14(2,11-15)16-3)10-13-8-6-5-7-9-13/h5-9,16H,4,10,12H2,1-3H3. The van der Waals surface area contributed by atoms with Crippen molar-refractivity contribution in [2.45, 2.75) is 25.9 Å². The van der Waals surface area contributed by atoms with Gasteiger partial charge in [0.25, 0.3) is 0 Å². The van der Waals surface area contributed by atoms with E-state index in [0.29, 0.717) is 0 Å². The molecule has 1 atom stereocenters. The molecular weight excluding hydrogens is 210 g/mol. The summed E-state index contributed by atoms with van der Waals surface area (Å²) < 4.78 is 0. The van der Waals surface area contributed by atoms with Gasteiger partial charge in [-0.1, -0.05) is 37.3 Å². The molecule has 0 fully saturated rings. The zero-order valence-electron chi connectivity index (χ0n) is 10.9. The fourth-order valence-electron chi connectivity index (χ4n) is 1.74. The van der Waals surface area contributed by atoms with Gasteiger partial charge in [-0.3, -0.25) is 4.90 Å². The summed E-state index contributed by atoms with van der Waals surface area (Å²) in [5.74, 6) is 0. The highest BCUT2D eigenvalue weighted by Crippen LogP contribution is 2.09. The van der Waals surface area contributed by atoms with Crippen molar-refractivity contribution >= 4 is 0 Å². The Kier molecular flexibility index (Phi) is 5.14. The van der Waals surface area contributed by atoms with Crippen molar-refractivity contribution in [3.8, 4) is 6.07 Å². The van der Waals surface area contributed by atoms with Gasteiger partial charge in [0.1, 0.15) is 5.54 Å². The minimum absolute atomic E-state index is 0.481. The molecule has 0 aromatic heterocycles. The van der Waals surface area contributed by atoms with E-state index in [9.17, 15) is 0 Å². The van der Waals surface area contributed by atoms with Crippen LogP contribution in [0, 0.1) is 11.3 Å². The van der Waals surface area contributed by atoms with Crippen LogP contribution in [-0.2, 0) is 6.54 Å². The lowest BCUT2D eigenvalue weighted by Gasteiger charge is -2.29. The summed E-state index contributed by atoms with van der Waals surface area (Å²) in [7, 11) is 1.83. The molecule has 0 spiro atoms. The molecular formula is C14H21N3. The molecule has 0 radical (unpaired) electrons. The van der Waals surface area contributed by atoms with Crippen LogP contribution in [0.5, 0.6) is 0 Å². The Bertz CT molecular complexity index is 369. The van der Waals surface area contributed by atoms with Gasteiger partial charge in [-0.2, -0.15) is 5.26 Å². The first-order chi connectivity index (χ1) is 8.13. The molecule has 17 heavy (non-hydrogen) atoms. The third kappa shape index (κ3) is 4.18. The third-order valence-corrected chi connectivity index (χ3v) is 3.03. The van der Waals surface area contributed by atoms with E-state index in [-0.39, 0.29) is 0 Å². The molecule has 0 saturated carbocycles. The molecule has 1 unspecified atom stereocenters. The van der Waals surface area contributed by atoms with Crippen LogP contribution in [0.4, 0.5) is 0 Å². The number of nitriles is 1. The van der Waals surface area contributed by atoms with Gasteiger partial charge in [-0.25, -0.2) is 0 Å². The molecule has 3 heteroatoms. The predicted octanol–water partition coefficient (Wildman–Crippen LogP) is 2.01. The molecule has 0 aliphatic heterocycles. The van der Waals surface area contributed by atoms with E-state index in [1.807, 2.05) is 32.2 Å². The number of nitrogens with one attached hydrogen (secondary N) is 1. The van der Waals surface area contributed by atoms with Crippen molar-refractivity contribution in [1.82, 2.24) is 10.2 Å². The molecule has 0 saturated heterocycles. The van der Waals surface area contributed by atoms with Crippen LogP contribution in [0.15, 0.2) is 30.3 Å². The van der Waals surface area contributed by atoms with Crippen LogP contribution in [0.3, 0.4) is 0 Å². The average molecular weight is 231 g/mol. The molecule has 0 heterocycles. The highest BCUT2D eigenvalue weighted by atomic mass is 15.2. The number of rotatable bonds is 6. The SMILES string of the molecule is CCN(Cc1ccccc1)CC(C)(C#N)NC. The van der Waals surface area contributed by atoms with Crippen molar-refractivity contribution in [1.29, 1.82) is 5.26 Å². The van der Waals surface area contributed by atoms with Crippen LogP contribution >= 0.6 is 0 Å². The molecule has 0 aliphatic carbocycles. The van der Waals surface area contributed by atoms with Gasteiger partial charge in [-0.15, -0.1) is 0 Å². The summed E-state index contributed by atoms with van der Waals surface area (Å²) in [6, 6.07) is 12.7. The first-order valence-corrected chi connectivity index (χ1v) is 6.00. The number of nitrogens with zero attached hydrogens (tertiary/aromatic N) is 2. The van der Waals surface area contributed by atoms with Gasteiger partial charge in [0, 0.05) is 13.1 Å². The first kappa shape index (κ1) is 13.7. The molecule has 0 amide bonds. The number of hydrogen-bond acceptors (Lipinski definition) is 3. The van der Waals surface area contributed by atoms with Crippen molar-refractivity contribution in [2.24, 2.45) is 0 Å². The van der Waals surface area contributed by atoms with E-state index in [1.165, 1.54) is 5.56 Å². The maximum Gasteiger partial charge on any atom is 0.116 e. The number of likely N-dealkylation sites (N-methyl/N-ethyl adjacent to an activating group) is 2. The Balaban J connectivity index is 2.64. The molecule has 0 bridgehead atoms. The van der Waals surface area contributed by atoms with E-state index in [0.717, 1.165) is 19.6 Å². The Morgan fingerprint density at radius 2 is 2.00 bits per heavy atom. The normalized spacial score (nSPS) is 14.3. The maximum absolute atomic E-state index is 9.16. The van der Waals surface area contributed by atoms with E-state index < -0.39 is 5.54 Å².